The highest BCUT2D eigenvalue weighted by Gasteiger charge is 2.20. The van der Waals surface area contributed by atoms with Crippen LogP contribution in [-0.2, 0) is 4.79 Å². The molecule has 1 heterocycles. The second kappa shape index (κ2) is 7.96. The van der Waals surface area contributed by atoms with Gasteiger partial charge in [0.2, 0.25) is 5.91 Å². The van der Waals surface area contributed by atoms with Crippen LogP contribution in [0, 0.1) is 5.92 Å². The summed E-state index contributed by atoms with van der Waals surface area (Å²) < 4.78 is 0. The molecule has 0 atom stereocenters. The van der Waals surface area contributed by atoms with Crippen LogP contribution >= 0.6 is 0 Å². The Hall–Kier alpha value is -2.63. The van der Waals surface area contributed by atoms with E-state index in [4.69, 9.17) is 0 Å². The fraction of sp³-hybridized carbons (Fsp3) is 0.421. The molecule has 0 spiro atoms. The highest BCUT2D eigenvalue weighted by molar-refractivity contribution is 5.92. The highest BCUT2D eigenvalue weighted by Crippen LogP contribution is 2.25. The fourth-order valence-corrected chi connectivity index (χ4v) is 3.06. The zero-order valence-corrected chi connectivity index (χ0v) is 14.8. The fourth-order valence-electron chi connectivity index (χ4n) is 3.06. The summed E-state index contributed by atoms with van der Waals surface area (Å²) in [5.74, 6) is 0.991. The van der Waals surface area contributed by atoms with Crippen molar-refractivity contribution in [1.29, 1.82) is 0 Å². The first-order valence-corrected chi connectivity index (χ1v) is 8.80. The molecule has 1 fully saturated rings. The summed E-state index contributed by atoms with van der Waals surface area (Å²) >= 11 is 0. The number of carbonyl (C=O) groups is 1. The summed E-state index contributed by atoms with van der Waals surface area (Å²) in [6.45, 7) is 0. The Labute approximate surface area is 148 Å². The second-order valence-corrected chi connectivity index (χ2v) is 6.72. The maximum atomic E-state index is 12.3. The number of hydrogen-bond donors (Lipinski definition) is 2. The first-order valence-electron chi connectivity index (χ1n) is 8.80. The van der Waals surface area contributed by atoms with Gasteiger partial charge in [-0.05, 0) is 37.1 Å². The molecule has 0 unspecified atom stereocenters. The molecule has 0 bridgehead atoms. The van der Waals surface area contributed by atoms with Crippen LogP contribution in [0.4, 0.5) is 22.9 Å². The van der Waals surface area contributed by atoms with E-state index >= 15 is 0 Å². The third-order valence-corrected chi connectivity index (χ3v) is 4.56. The first kappa shape index (κ1) is 17.2. The summed E-state index contributed by atoms with van der Waals surface area (Å²) in [6, 6.07) is 9.62. The van der Waals surface area contributed by atoms with Crippen LogP contribution in [0.25, 0.3) is 0 Å². The number of rotatable bonds is 5. The summed E-state index contributed by atoms with van der Waals surface area (Å²) in [7, 11) is 3.93. The van der Waals surface area contributed by atoms with Gasteiger partial charge in [-0.25, -0.2) is 0 Å². The molecule has 2 N–H and O–H groups in total. The lowest BCUT2D eigenvalue weighted by Gasteiger charge is -2.20. The van der Waals surface area contributed by atoms with E-state index in [1.54, 1.807) is 6.20 Å². The number of nitrogens with zero attached hydrogens (tertiary/aromatic N) is 3. The molecule has 1 saturated carbocycles. The smallest absolute Gasteiger partial charge is 0.227 e. The number of nitrogens with one attached hydrogen (secondary N) is 2. The van der Waals surface area contributed by atoms with Crippen LogP contribution in [-0.4, -0.2) is 30.2 Å². The number of carbonyl (C=O) groups excluding carboxylic acids is 1. The monoisotopic (exact) mass is 339 g/mol. The van der Waals surface area contributed by atoms with Gasteiger partial charge in [0.1, 0.15) is 0 Å². The minimum Gasteiger partial charge on any atom is -0.376 e. The van der Waals surface area contributed by atoms with Crippen molar-refractivity contribution in [2.75, 3.05) is 29.6 Å². The summed E-state index contributed by atoms with van der Waals surface area (Å²) in [4.78, 5) is 14.3. The van der Waals surface area contributed by atoms with Crippen molar-refractivity contribution in [2.45, 2.75) is 32.1 Å². The molecule has 0 radical (unpaired) electrons. The largest absolute Gasteiger partial charge is 0.376 e. The maximum absolute atomic E-state index is 12.3. The minimum atomic E-state index is 0.143. The Bertz CT molecular complexity index is 708. The minimum absolute atomic E-state index is 0.143. The van der Waals surface area contributed by atoms with Crippen molar-refractivity contribution in [3.63, 3.8) is 0 Å². The average Bonchev–Trinajstić information content (AvgIpc) is 2.64. The lowest BCUT2D eigenvalue weighted by Crippen LogP contribution is -2.24. The molecular weight excluding hydrogens is 314 g/mol. The van der Waals surface area contributed by atoms with E-state index in [1.807, 2.05) is 49.3 Å². The Morgan fingerprint density at radius 2 is 1.76 bits per heavy atom. The van der Waals surface area contributed by atoms with Gasteiger partial charge in [-0.2, -0.15) is 5.10 Å². The maximum Gasteiger partial charge on any atom is 0.227 e. The van der Waals surface area contributed by atoms with E-state index in [-0.39, 0.29) is 11.8 Å². The zero-order valence-electron chi connectivity index (χ0n) is 14.8. The summed E-state index contributed by atoms with van der Waals surface area (Å²) in [5.41, 5.74) is 2.71. The van der Waals surface area contributed by atoms with E-state index in [1.165, 1.54) is 6.42 Å². The van der Waals surface area contributed by atoms with Crippen molar-refractivity contribution < 1.29 is 4.79 Å². The quantitative estimate of drug-likeness (QED) is 0.867. The number of aromatic nitrogens is 2. The van der Waals surface area contributed by atoms with E-state index in [9.17, 15) is 4.79 Å². The lowest BCUT2D eigenvalue weighted by molar-refractivity contribution is -0.120. The number of anilines is 4. The molecular formula is C19H25N5O. The topological polar surface area (TPSA) is 70.2 Å². The predicted molar refractivity (Wildman–Crippen MR) is 101 cm³/mol. The van der Waals surface area contributed by atoms with E-state index in [0.29, 0.717) is 5.82 Å². The van der Waals surface area contributed by atoms with Crippen LogP contribution in [0.1, 0.15) is 32.1 Å². The molecule has 1 aliphatic rings. The van der Waals surface area contributed by atoms with Crippen LogP contribution in [0.2, 0.25) is 0 Å². The molecule has 6 nitrogen and oxygen atoms in total. The number of hydrogen-bond acceptors (Lipinski definition) is 5. The second-order valence-electron chi connectivity index (χ2n) is 6.72. The molecule has 6 heteroatoms. The van der Waals surface area contributed by atoms with Crippen LogP contribution in [0.5, 0.6) is 0 Å². The van der Waals surface area contributed by atoms with Crippen molar-refractivity contribution in [2.24, 2.45) is 5.92 Å². The average molecular weight is 339 g/mol. The Morgan fingerprint density at radius 1 is 1.08 bits per heavy atom. The summed E-state index contributed by atoms with van der Waals surface area (Å²) in [6.07, 6.45) is 7.30. The van der Waals surface area contributed by atoms with Crippen molar-refractivity contribution >= 4 is 28.8 Å². The van der Waals surface area contributed by atoms with Crippen LogP contribution < -0.4 is 15.5 Å². The van der Waals surface area contributed by atoms with Crippen LogP contribution in [0.3, 0.4) is 0 Å². The van der Waals surface area contributed by atoms with E-state index in [0.717, 1.165) is 42.7 Å². The number of benzene rings is 1. The molecule has 3 rings (SSSR count). The van der Waals surface area contributed by atoms with Gasteiger partial charge in [-0.15, -0.1) is 5.10 Å². The highest BCUT2D eigenvalue weighted by atomic mass is 16.1. The van der Waals surface area contributed by atoms with Gasteiger partial charge >= 0.3 is 0 Å². The third-order valence-electron chi connectivity index (χ3n) is 4.56. The molecule has 2 aromatic rings. The van der Waals surface area contributed by atoms with Crippen molar-refractivity contribution in [1.82, 2.24) is 10.2 Å². The van der Waals surface area contributed by atoms with Gasteiger partial charge in [-0.1, -0.05) is 19.3 Å². The van der Waals surface area contributed by atoms with Gasteiger partial charge in [0, 0.05) is 37.5 Å². The molecule has 0 aliphatic heterocycles. The Kier molecular flexibility index (Phi) is 5.48. The van der Waals surface area contributed by atoms with Crippen LogP contribution in [0.15, 0.2) is 36.5 Å². The standard InChI is InChI=1S/C19H25N5O/c1-24(2)17-12-18(23-20-13-17)21-15-8-10-16(11-9-15)22-19(25)14-6-4-3-5-7-14/h8-14H,3-7H2,1-2H3,(H,21,23)(H,22,25). The first-order chi connectivity index (χ1) is 12.1. The van der Waals surface area contributed by atoms with Crippen molar-refractivity contribution in [3.05, 3.63) is 36.5 Å². The van der Waals surface area contributed by atoms with Gasteiger partial charge < -0.3 is 15.5 Å². The molecule has 25 heavy (non-hydrogen) atoms. The van der Waals surface area contributed by atoms with Gasteiger partial charge in [0.25, 0.3) is 0 Å². The lowest BCUT2D eigenvalue weighted by atomic mass is 9.88. The SMILES string of the molecule is CN(C)c1cnnc(Nc2ccc(NC(=O)C3CCCCC3)cc2)c1. The van der Waals surface area contributed by atoms with E-state index in [2.05, 4.69) is 20.8 Å². The number of amides is 1. The molecule has 1 aromatic carbocycles. The Balaban J connectivity index is 1.60. The molecule has 1 aromatic heterocycles. The normalized spacial score (nSPS) is 14.8. The molecule has 1 amide bonds. The molecule has 0 saturated heterocycles. The van der Waals surface area contributed by atoms with Gasteiger partial charge in [0.15, 0.2) is 5.82 Å². The predicted octanol–water partition coefficient (Wildman–Crippen LogP) is 3.81. The molecule has 1 aliphatic carbocycles. The van der Waals surface area contributed by atoms with E-state index < -0.39 is 0 Å². The van der Waals surface area contributed by atoms with Gasteiger partial charge in [-0.3, -0.25) is 4.79 Å². The van der Waals surface area contributed by atoms with Crippen molar-refractivity contribution in [3.8, 4) is 0 Å². The van der Waals surface area contributed by atoms with Gasteiger partial charge in [0.05, 0.1) is 11.9 Å². The summed E-state index contributed by atoms with van der Waals surface area (Å²) in [5, 5.41) is 14.3. The molecule has 132 valence electrons. The zero-order chi connectivity index (χ0) is 17.6. The Morgan fingerprint density at radius 3 is 2.44 bits per heavy atom. The third kappa shape index (κ3) is 4.68.